The molecule has 8 heteroatoms. The van der Waals surface area contributed by atoms with E-state index in [4.69, 9.17) is 21.1 Å². The van der Waals surface area contributed by atoms with Crippen LogP contribution in [-0.4, -0.2) is 49.7 Å². The number of carbonyl (C=O) groups is 2. The van der Waals surface area contributed by atoms with Gasteiger partial charge < -0.3 is 19.7 Å². The van der Waals surface area contributed by atoms with Crippen molar-refractivity contribution in [1.29, 1.82) is 0 Å². The second-order valence-corrected chi connectivity index (χ2v) is 9.05. The van der Waals surface area contributed by atoms with Crippen LogP contribution in [0.4, 0.5) is 9.18 Å². The molecule has 4 rings (SSSR count). The van der Waals surface area contributed by atoms with Gasteiger partial charge in [0.15, 0.2) is 0 Å². The maximum absolute atomic E-state index is 13.4. The molecule has 174 valence electrons. The summed E-state index contributed by atoms with van der Waals surface area (Å²) in [5.74, 6) is -0.387. The van der Waals surface area contributed by atoms with Crippen molar-refractivity contribution < 1.29 is 23.5 Å². The monoisotopic (exact) mass is 472 g/mol. The number of amides is 2. The lowest BCUT2D eigenvalue weighted by Crippen LogP contribution is -2.49. The quantitative estimate of drug-likeness (QED) is 0.679. The van der Waals surface area contributed by atoms with E-state index in [0.29, 0.717) is 29.2 Å². The van der Waals surface area contributed by atoms with Gasteiger partial charge in [-0.25, -0.2) is 9.18 Å². The summed E-state index contributed by atoms with van der Waals surface area (Å²) in [6.07, 6.45) is 2.11. The minimum atomic E-state index is -0.803. The molecular formula is C25H26ClFN2O4. The number of nitrogens with one attached hydrogen (secondary N) is 1. The molecule has 0 saturated heterocycles. The third-order valence-electron chi connectivity index (χ3n) is 6.33. The summed E-state index contributed by atoms with van der Waals surface area (Å²) in [5, 5.41) is 3.43. The van der Waals surface area contributed by atoms with E-state index in [0.717, 1.165) is 24.0 Å². The minimum absolute atomic E-state index is 0.0905. The van der Waals surface area contributed by atoms with E-state index in [1.165, 1.54) is 17.0 Å². The predicted octanol–water partition coefficient (Wildman–Crippen LogP) is 5.01. The van der Waals surface area contributed by atoms with Crippen LogP contribution in [0, 0.1) is 5.82 Å². The van der Waals surface area contributed by atoms with Crippen molar-refractivity contribution in [2.75, 3.05) is 21.2 Å². The van der Waals surface area contributed by atoms with Gasteiger partial charge in [-0.15, -0.1) is 0 Å². The fraction of sp³-hybridized carbons (Fsp3) is 0.360. The Labute approximate surface area is 197 Å². The molecule has 6 nitrogen and oxygen atoms in total. The number of halogens is 2. The van der Waals surface area contributed by atoms with E-state index in [1.807, 2.05) is 0 Å². The number of hydrogen-bond donors (Lipinski definition) is 1. The maximum atomic E-state index is 13.4. The van der Waals surface area contributed by atoms with Crippen molar-refractivity contribution >= 4 is 29.2 Å². The second-order valence-electron chi connectivity index (χ2n) is 8.64. The molecule has 1 spiro atoms. The molecular weight excluding hydrogens is 447 g/mol. The summed E-state index contributed by atoms with van der Waals surface area (Å²) in [7, 11) is 4.84. The van der Waals surface area contributed by atoms with Crippen LogP contribution >= 0.6 is 11.6 Å². The normalized spacial score (nSPS) is 22.5. The molecule has 1 aliphatic carbocycles. The smallest absolute Gasteiger partial charge is 0.411 e. The molecule has 1 N–H and O–H groups in total. The van der Waals surface area contributed by atoms with Gasteiger partial charge in [-0.3, -0.25) is 4.79 Å². The largest absolute Gasteiger partial charge is 0.414 e. The van der Waals surface area contributed by atoms with Crippen LogP contribution in [0.1, 0.15) is 31.2 Å². The van der Waals surface area contributed by atoms with Gasteiger partial charge in [-0.05, 0) is 61.1 Å². The van der Waals surface area contributed by atoms with E-state index < -0.39 is 11.6 Å². The summed E-state index contributed by atoms with van der Waals surface area (Å²) < 4.78 is 24.7. The van der Waals surface area contributed by atoms with Crippen LogP contribution in [0.5, 0.6) is 0 Å². The first kappa shape index (κ1) is 23.3. The van der Waals surface area contributed by atoms with Gasteiger partial charge in [-0.1, -0.05) is 29.8 Å². The predicted molar refractivity (Wildman–Crippen MR) is 124 cm³/mol. The third kappa shape index (κ3) is 4.48. The zero-order valence-electron chi connectivity index (χ0n) is 18.8. The minimum Gasteiger partial charge on any atom is -0.411 e. The molecule has 1 fully saturated rings. The summed E-state index contributed by atoms with van der Waals surface area (Å²) in [5.41, 5.74) is 1.44. The highest BCUT2D eigenvalue weighted by atomic mass is 35.5. The molecule has 0 atom stereocenters. The van der Waals surface area contributed by atoms with Crippen LogP contribution in [-0.2, 0) is 14.3 Å². The lowest BCUT2D eigenvalue weighted by atomic mass is 9.79. The topological polar surface area (TPSA) is 67.9 Å². The zero-order chi connectivity index (χ0) is 23.8. The van der Waals surface area contributed by atoms with Crippen molar-refractivity contribution in [1.82, 2.24) is 10.2 Å². The molecule has 0 bridgehead atoms. The number of hydrogen-bond acceptors (Lipinski definition) is 4. The number of carbonyl (C=O) groups excluding carboxylic acids is 2. The molecule has 2 aliphatic rings. The van der Waals surface area contributed by atoms with Crippen LogP contribution in [0.25, 0.3) is 16.7 Å². The Balaban J connectivity index is 1.83. The van der Waals surface area contributed by atoms with Gasteiger partial charge in [0.25, 0.3) is 5.91 Å². The van der Waals surface area contributed by atoms with Crippen molar-refractivity contribution in [2.24, 2.45) is 0 Å². The SMILES string of the molecule is COC1CCC2(CC1)NC(=O)C(c1cc(-c3ccc(F)cc3)ccc1Cl)=C2OC(=O)N(C)C. The molecule has 0 radical (unpaired) electrons. The Morgan fingerprint density at radius 1 is 1.12 bits per heavy atom. The number of benzene rings is 2. The molecule has 0 unspecified atom stereocenters. The highest BCUT2D eigenvalue weighted by Gasteiger charge is 2.50. The first-order valence-corrected chi connectivity index (χ1v) is 11.2. The number of nitrogens with zero attached hydrogens (tertiary/aromatic N) is 1. The number of ether oxygens (including phenoxy) is 2. The Bertz CT molecular complexity index is 1110. The fourth-order valence-corrected chi connectivity index (χ4v) is 4.67. The number of methoxy groups -OCH3 is 1. The van der Waals surface area contributed by atoms with Crippen LogP contribution in [0.2, 0.25) is 5.02 Å². The molecule has 2 aromatic rings. The standard InChI is InChI=1S/C25H26ClFN2O4/c1-29(2)24(31)33-22-21(23(30)28-25(22)12-10-18(32-3)11-13-25)19-14-16(6-9-20(19)26)15-4-7-17(27)8-5-15/h4-9,14,18H,10-13H2,1-3H3,(H,28,30). The average Bonchev–Trinajstić information content (AvgIpc) is 3.05. The number of rotatable bonds is 4. The van der Waals surface area contributed by atoms with Crippen LogP contribution in [0.3, 0.4) is 0 Å². The van der Waals surface area contributed by atoms with Crippen molar-refractivity contribution in [3.8, 4) is 11.1 Å². The zero-order valence-corrected chi connectivity index (χ0v) is 19.5. The summed E-state index contributed by atoms with van der Waals surface area (Å²) in [6, 6.07) is 11.3. The maximum Gasteiger partial charge on any atom is 0.414 e. The summed E-state index contributed by atoms with van der Waals surface area (Å²) in [6.45, 7) is 0. The second kappa shape index (κ2) is 9.15. The van der Waals surface area contributed by atoms with Gasteiger partial charge in [0, 0.05) is 31.8 Å². The highest BCUT2D eigenvalue weighted by Crippen LogP contribution is 2.45. The molecule has 1 saturated carbocycles. The Kier molecular flexibility index (Phi) is 6.45. The van der Waals surface area contributed by atoms with Gasteiger partial charge in [0.1, 0.15) is 11.6 Å². The highest BCUT2D eigenvalue weighted by molar-refractivity contribution is 6.36. The first-order valence-electron chi connectivity index (χ1n) is 10.8. The Hall–Kier alpha value is -2.90. The van der Waals surface area contributed by atoms with E-state index in [-0.39, 0.29) is 23.4 Å². The van der Waals surface area contributed by atoms with Gasteiger partial charge in [-0.2, -0.15) is 0 Å². The molecule has 33 heavy (non-hydrogen) atoms. The van der Waals surface area contributed by atoms with E-state index in [1.54, 1.807) is 51.5 Å². The van der Waals surface area contributed by atoms with Crippen LogP contribution in [0.15, 0.2) is 48.2 Å². The van der Waals surface area contributed by atoms with Crippen molar-refractivity contribution in [3.63, 3.8) is 0 Å². The summed E-state index contributed by atoms with van der Waals surface area (Å²) in [4.78, 5) is 27.2. The van der Waals surface area contributed by atoms with Gasteiger partial charge in [0.05, 0.1) is 17.2 Å². The Morgan fingerprint density at radius 3 is 2.36 bits per heavy atom. The van der Waals surface area contributed by atoms with Gasteiger partial charge >= 0.3 is 6.09 Å². The fourth-order valence-electron chi connectivity index (χ4n) is 4.46. The first-order chi connectivity index (χ1) is 15.7. The molecule has 0 aromatic heterocycles. The van der Waals surface area contributed by atoms with Crippen molar-refractivity contribution in [2.45, 2.75) is 37.3 Å². The molecule has 1 aliphatic heterocycles. The lowest BCUT2D eigenvalue weighted by Gasteiger charge is -2.38. The van der Waals surface area contributed by atoms with E-state index in [9.17, 15) is 14.0 Å². The molecule has 2 amide bonds. The Morgan fingerprint density at radius 2 is 1.76 bits per heavy atom. The van der Waals surface area contributed by atoms with Crippen LogP contribution < -0.4 is 5.32 Å². The van der Waals surface area contributed by atoms with E-state index >= 15 is 0 Å². The average molecular weight is 473 g/mol. The molecule has 2 aromatic carbocycles. The van der Waals surface area contributed by atoms with Crippen molar-refractivity contribution in [3.05, 3.63) is 64.6 Å². The van der Waals surface area contributed by atoms with E-state index in [2.05, 4.69) is 5.32 Å². The molecule has 1 heterocycles. The third-order valence-corrected chi connectivity index (χ3v) is 6.66. The van der Waals surface area contributed by atoms with Gasteiger partial charge in [0.2, 0.25) is 0 Å². The summed E-state index contributed by atoms with van der Waals surface area (Å²) >= 11 is 6.55. The lowest BCUT2D eigenvalue weighted by molar-refractivity contribution is -0.116.